The zero-order valence-electron chi connectivity index (χ0n) is 10.9. The number of aliphatic hydroxyl groups is 1. The first-order valence-electron chi connectivity index (χ1n) is 6.80. The van der Waals surface area contributed by atoms with Crippen molar-refractivity contribution in [3.63, 3.8) is 0 Å². The Morgan fingerprint density at radius 1 is 1.50 bits per heavy atom. The molecule has 0 saturated carbocycles. The molecule has 1 aromatic heterocycles. The number of rotatable bonds is 4. The van der Waals surface area contributed by atoms with Crippen LogP contribution in [0.25, 0.3) is 0 Å². The second-order valence-corrected chi connectivity index (χ2v) is 7.61. The summed E-state index contributed by atoms with van der Waals surface area (Å²) >= 11 is 5.28. The molecule has 0 spiro atoms. The zero-order chi connectivity index (χ0) is 13.0. The Morgan fingerprint density at radius 3 is 3.00 bits per heavy atom. The molecule has 1 aliphatic heterocycles. The number of hydrogen-bond donors (Lipinski definition) is 1. The van der Waals surface area contributed by atoms with Crippen molar-refractivity contribution in [2.75, 3.05) is 6.54 Å². The van der Waals surface area contributed by atoms with Gasteiger partial charge >= 0.3 is 0 Å². The molecule has 1 fully saturated rings. The van der Waals surface area contributed by atoms with E-state index in [4.69, 9.17) is 0 Å². The van der Waals surface area contributed by atoms with Crippen LogP contribution in [0.4, 0.5) is 0 Å². The summed E-state index contributed by atoms with van der Waals surface area (Å²) < 4.78 is 1.21. The van der Waals surface area contributed by atoms with E-state index in [2.05, 4.69) is 32.3 Å². The van der Waals surface area contributed by atoms with E-state index < -0.39 is 0 Å². The maximum atomic E-state index is 9.65. The number of aliphatic hydroxyl groups excluding tert-OH is 1. The molecule has 2 unspecified atom stereocenters. The minimum absolute atomic E-state index is 0.190. The molecule has 2 heterocycles. The first-order valence-corrected chi connectivity index (χ1v) is 8.47. The highest BCUT2D eigenvalue weighted by molar-refractivity contribution is 9.11. The smallest absolute Gasteiger partial charge is 0.0701 e. The summed E-state index contributed by atoms with van der Waals surface area (Å²) in [6.07, 6.45) is 5.88. The van der Waals surface area contributed by atoms with Crippen molar-refractivity contribution in [1.29, 1.82) is 0 Å². The molecule has 2 rings (SSSR count). The van der Waals surface area contributed by atoms with Gasteiger partial charge in [0, 0.05) is 12.6 Å². The van der Waals surface area contributed by atoms with Gasteiger partial charge in [-0.05, 0) is 65.7 Å². The largest absolute Gasteiger partial charge is 0.393 e. The van der Waals surface area contributed by atoms with Crippen molar-refractivity contribution < 1.29 is 5.11 Å². The van der Waals surface area contributed by atoms with Gasteiger partial charge in [-0.2, -0.15) is 0 Å². The SMILES string of the molecule is CC(O)CC1CCCCCN1Cc1csc(Br)c1. The predicted octanol–water partition coefficient (Wildman–Crippen LogP) is 4.03. The molecule has 0 aliphatic carbocycles. The lowest BCUT2D eigenvalue weighted by molar-refractivity contribution is 0.108. The van der Waals surface area contributed by atoms with Gasteiger partial charge in [0.15, 0.2) is 0 Å². The van der Waals surface area contributed by atoms with Crippen LogP contribution in [0.15, 0.2) is 15.2 Å². The molecule has 1 saturated heterocycles. The fraction of sp³-hybridized carbons (Fsp3) is 0.714. The fourth-order valence-corrected chi connectivity index (χ4v) is 3.97. The van der Waals surface area contributed by atoms with Gasteiger partial charge in [0.2, 0.25) is 0 Å². The van der Waals surface area contributed by atoms with Gasteiger partial charge in [0.05, 0.1) is 9.89 Å². The molecule has 2 nitrogen and oxygen atoms in total. The molecular formula is C14H22BrNOS. The third kappa shape index (κ3) is 4.34. The Labute approximate surface area is 122 Å². The van der Waals surface area contributed by atoms with E-state index in [0.29, 0.717) is 6.04 Å². The van der Waals surface area contributed by atoms with Crippen LogP contribution < -0.4 is 0 Å². The minimum atomic E-state index is -0.190. The highest BCUT2D eigenvalue weighted by atomic mass is 79.9. The summed E-state index contributed by atoms with van der Waals surface area (Å²) in [6.45, 7) is 4.11. The number of halogens is 1. The molecule has 0 radical (unpaired) electrons. The maximum Gasteiger partial charge on any atom is 0.0701 e. The van der Waals surface area contributed by atoms with E-state index >= 15 is 0 Å². The molecule has 0 bridgehead atoms. The fourth-order valence-electron chi connectivity index (χ4n) is 2.77. The molecule has 18 heavy (non-hydrogen) atoms. The Hall–Kier alpha value is 0.100. The van der Waals surface area contributed by atoms with E-state index in [9.17, 15) is 5.11 Å². The lowest BCUT2D eigenvalue weighted by Gasteiger charge is -2.30. The number of hydrogen-bond acceptors (Lipinski definition) is 3. The molecule has 1 aromatic rings. The summed E-state index contributed by atoms with van der Waals surface area (Å²) in [7, 11) is 0. The van der Waals surface area contributed by atoms with E-state index in [1.807, 2.05) is 6.92 Å². The molecule has 0 amide bonds. The van der Waals surface area contributed by atoms with Gasteiger partial charge in [-0.25, -0.2) is 0 Å². The molecule has 0 aromatic carbocycles. The van der Waals surface area contributed by atoms with Crippen molar-refractivity contribution in [1.82, 2.24) is 4.90 Å². The lowest BCUT2D eigenvalue weighted by Crippen LogP contribution is -2.36. The van der Waals surface area contributed by atoms with Crippen molar-refractivity contribution in [3.8, 4) is 0 Å². The highest BCUT2D eigenvalue weighted by Crippen LogP contribution is 2.26. The Balaban J connectivity index is 2.00. The van der Waals surface area contributed by atoms with Crippen LogP contribution in [-0.4, -0.2) is 28.7 Å². The first kappa shape index (κ1) is 14.5. The van der Waals surface area contributed by atoms with Crippen LogP contribution in [0.1, 0.15) is 44.6 Å². The third-order valence-electron chi connectivity index (χ3n) is 3.62. The summed E-state index contributed by atoms with van der Waals surface area (Å²) in [4.78, 5) is 2.56. The Morgan fingerprint density at radius 2 is 2.33 bits per heavy atom. The van der Waals surface area contributed by atoms with Crippen molar-refractivity contribution in [3.05, 3.63) is 20.8 Å². The first-order chi connectivity index (χ1) is 8.65. The molecule has 102 valence electrons. The molecule has 1 N–H and O–H groups in total. The van der Waals surface area contributed by atoms with Gasteiger partial charge in [0.1, 0.15) is 0 Å². The summed E-state index contributed by atoms with van der Waals surface area (Å²) in [5, 5.41) is 11.9. The van der Waals surface area contributed by atoms with E-state index in [0.717, 1.165) is 13.0 Å². The third-order valence-corrected chi connectivity index (χ3v) is 5.17. The number of nitrogens with zero attached hydrogens (tertiary/aromatic N) is 1. The Kier molecular flexibility index (Phi) is 5.67. The second kappa shape index (κ2) is 7.04. The maximum absolute atomic E-state index is 9.65. The quantitative estimate of drug-likeness (QED) is 0.900. The monoisotopic (exact) mass is 331 g/mol. The lowest BCUT2D eigenvalue weighted by atomic mass is 10.0. The van der Waals surface area contributed by atoms with Gasteiger partial charge in [0.25, 0.3) is 0 Å². The Bertz CT molecular complexity index is 366. The highest BCUT2D eigenvalue weighted by Gasteiger charge is 2.22. The van der Waals surface area contributed by atoms with Gasteiger partial charge in [-0.1, -0.05) is 12.8 Å². The van der Waals surface area contributed by atoms with E-state index in [-0.39, 0.29) is 6.10 Å². The molecule has 1 aliphatic rings. The van der Waals surface area contributed by atoms with Gasteiger partial charge < -0.3 is 5.11 Å². The van der Waals surface area contributed by atoms with Crippen LogP contribution in [-0.2, 0) is 6.54 Å². The summed E-state index contributed by atoms with van der Waals surface area (Å²) in [5.74, 6) is 0. The molecule has 4 heteroatoms. The van der Waals surface area contributed by atoms with Crippen LogP contribution in [0, 0.1) is 0 Å². The summed E-state index contributed by atoms with van der Waals surface area (Å²) in [5.41, 5.74) is 1.39. The van der Waals surface area contributed by atoms with Gasteiger partial charge in [-0.3, -0.25) is 4.90 Å². The van der Waals surface area contributed by atoms with E-state index in [1.54, 1.807) is 11.3 Å². The predicted molar refractivity (Wildman–Crippen MR) is 81.0 cm³/mol. The molecular weight excluding hydrogens is 310 g/mol. The van der Waals surface area contributed by atoms with Crippen molar-refractivity contribution >= 4 is 27.3 Å². The van der Waals surface area contributed by atoms with E-state index in [1.165, 1.54) is 41.6 Å². The standard InChI is InChI=1S/C14H22BrNOS/c1-11(17)7-13-5-3-2-4-6-16(13)9-12-8-14(15)18-10-12/h8,10-11,13,17H,2-7,9H2,1H3. The van der Waals surface area contributed by atoms with Crippen molar-refractivity contribution in [2.24, 2.45) is 0 Å². The minimum Gasteiger partial charge on any atom is -0.393 e. The topological polar surface area (TPSA) is 23.5 Å². The summed E-state index contributed by atoms with van der Waals surface area (Å²) in [6, 6.07) is 2.76. The molecule has 2 atom stereocenters. The normalized spacial score (nSPS) is 23.8. The van der Waals surface area contributed by atoms with Gasteiger partial charge in [-0.15, -0.1) is 11.3 Å². The van der Waals surface area contributed by atoms with Crippen LogP contribution in [0.2, 0.25) is 0 Å². The van der Waals surface area contributed by atoms with Crippen LogP contribution in [0.3, 0.4) is 0 Å². The van der Waals surface area contributed by atoms with Crippen LogP contribution >= 0.6 is 27.3 Å². The number of likely N-dealkylation sites (tertiary alicyclic amines) is 1. The average molecular weight is 332 g/mol. The second-order valence-electron chi connectivity index (χ2n) is 5.32. The van der Waals surface area contributed by atoms with Crippen LogP contribution in [0.5, 0.6) is 0 Å². The number of thiophene rings is 1. The zero-order valence-corrected chi connectivity index (χ0v) is 13.3. The van der Waals surface area contributed by atoms with Crippen molar-refractivity contribution in [2.45, 2.75) is 57.7 Å². The average Bonchev–Trinajstić information content (AvgIpc) is 2.58.